The summed E-state index contributed by atoms with van der Waals surface area (Å²) in [6.07, 6.45) is 2.26. The Hall–Kier alpha value is -3.41. The minimum absolute atomic E-state index is 0.0692. The van der Waals surface area contributed by atoms with E-state index in [1.54, 1.807) is 16.7 Å². The van der Waals surface area contributed by atoms with E-state index >= 15 is 0 Å². The van der Waals surface area contributed by atoms with Gasteiger partial charge in [-0.15, -0.1) is 0 Å². The van der Waals surface area contributed by atoms with Crippen LogP contribution < -0.4 is 15.2 Å². The molecule has 1 aliphatic heterocycles. The molecular weight excluding hydrogens is 490 g/mol. The van der Waals surface area contributed by atoms with Gasteiger partial charge < -0.3 is 34.2 Å². The first-order valence-corrected chi connectivity index (χ1v) is 12.3. The van der Waals surface area contributed by atoms with Gasteiger partial charge in [0.15, 0.2) is 23.0 Å². The number of methoxy groups -OCH3 is 1. The number of piperazine rings is 1. The number of carbonyl (C=O) groups excluding carboxylic acids is 2. The molecule has 0 spiro atoms. The van der Waals surface area contributed by atoms with Crippen LogP contribution in [-0.4, -0.2) is 72.8 Å². The first-order valence-electron chi connectivity index (χ1n) is 12.3. The molecule has 12 heteroatoms. The predicted octanol–water partition coefficient (Wildman–Crippen LogP) is 4.05. The van der Waals surface area contributed by atoms with Crippen molar-refractivity contribution in [1.82, 2.24) is 14.8 Å². The maximum Gasteiger partial charge on any atom is 0.409 e. The number of amides is 2. The van der Waals surface area contributed by atoms with Gasteiger partial charge in [-0.2, -0.15) is 8.78 Å². The lowest BCUT2D eigenvalue weighted by molar-refractivity contribution is -0.0515. The topological polar surface area (TPSA) is 120 Å². The Labute approximate surface area is 213 Å². The number of benzene rings is 1. The number of ether oxygens (including phenoxy) is 3. The number of halogens is 2. The number of oxazole rings is 1. The van der Waals surface area contributed by atoms with Crippen LogP contribution in [0.4, 0.5) is 13.6 Å². The average Bonchev–Trinajstić information content (AvgIpc) is 3.61. The third kappa shape index (κ3) is 6.12. The number of rotatable bonds is 9. The largest absolute Gasteiger partial charge is 0.489 e. The van der Waals surface area contributed by atoms with Crippen LogP contribution in [0.5, 0.6) is 11.5 Å². The summed E-state index contributed by atoms with van der Waals surface area (Å²) >= 11 is 0. The quantitative estimate of drug-likeness (QED) is 0.524. The highest BCUT2D eigenvalue weighted by Crippen LogP contribution is 2.37. The minimum atomic E-state index is -3.00. The summed E-state index contributed by atoms with van der Waals surface area (Å²) < 4.78 is 46.9. The Morgan fingerprint density at radius 1 is 1.24 bits per heavy atom. The summed E-state index contributed by atoms with van der Waals surface area (Å²) in [6.45, 7) is 1.92. The van der Waals surface area contributed by atoms with Gasteiger partial charge in [-0.1, -0.05) is 6.92 Å². The molecule has 0 bridgehead atoms. The van der Waals surface area contributed by atoms with Crippen molar-refractivity contribution >= 4 is 12.0 Å². The average molecular weight is 523 g/mol. The number of hydrogen-bond acceptors (Lipinski definition) is 8. The molecule has 1 saturated carbocycles. The molecule has 202 valence electrons. The molecular formula is C25H32F2N4O6. The van der Waals surface area contributed by atoms with E-state index in [1.165, 1.54) is 25.3 Å². The highest BCUT2D eigenvalue weighted by Gasteiger charge is 2.35. The molecule has 2 aliphatic rings. The lowest BCUT2D eigenvalue weighted by Crippen LogP contribution is -2.56. The second kappa shape index (κ2) is 11.3. The van der Waals surface area contributed by atoms with E-state index in [2.05, 4.69) is 9.72 Å². The molecule has 0 radical (unpaired) electrons. The fourth-order valence-electron chi connectivity index (χ4n) is 4.25. The first kappa shape index (κ1) is 26.6. The van der Waals surface area contributed by atoms with E-state index < -0.39 is 18.7 Å². The highest BCUT2D eigenvalue weighted by molar-refractivity contribution is 5.94. The van der Waals surface area contributed by atoms with E-state index in [4.69, 9.17) is 19.6 Å². The fourth-order valence-corrected chi connectivity index (χ4v) is 4.25. The van der Waals surface area contributed by atoms with Crippen molar-refractivity contribution in [2.24, 2.45) is 11.7 Å². The molecule has 1 aromatic heterocycles. The number of nitrogens with two attached hydrogens (primary N) is 1. The van der Waals surface area contributed by atoms with Crippen molar-refractivity contribution in [2.75, 3.05) is 33.4 Å². The smallest absolute Gasteiger partial charge is 0.409 e. The Morgan fingerprint density at radius 3 is 2.62 bits per heavy atom. The standard InChI is InChI=1S/C25H32F2N4O6/c1-4-17-12-30(9-10-31(17)25(33)34-3)23(32)20-21(14(2)28)37-22(29-20)16-7-8-18(36-24(26)27)19(11-16)35-13-15-5-6-15/h7-8,11,14-15,17,24H,4-6,9-10,12-13,28H2,1-3H3/t14-,17?/m0/s1. The van der Waals surface area contributed by atoms with Gasteiger partial charge in [-0.05, 0) is 50.3 Å². The Kier molecular flexibility index (Phi) is 8.16. The number of carbonyl (C=O) groups is 2. The second-order valence-corrected chi connectivity index (χ2v) is 9.29. The molecule has 10 nitrogen and oxygen atoms in total. The summed E-state index contributed by atoms with van der Waals surface area (Å²) in [6, 6.07) is 3.54. The van der Waals surface area contributed by atoms with Crippen LogP contribution in [0.3, 0.4) is 0 Å². The molecule has 2 fully saturated rings. The lowest BCUT2D eigenvalue weighted by Gasteiger charge is -2.40. The maximum absolute atomic E-state index is 13.5. The van der Waals surface area contributed by atoms with Gasteiger partial charge in [-0.25, -0.2) is 9.78 Å². The van der Waals surface area contributed by atoms with Crippen molar-refractivity contribution in [1.29, 1.82) is 0 Å². The van der Waals surface area contributed by atoms with Crippen LogP contribution in [0.2, 0.25) is 0 Å². The van der Waals surface area contributed by atoms with Crippen LogP contribution in [0.1, 0.15) is 55.4 Å². The van der Waals surface area contributed by atoms with E-state index in [0.717, 1.165) is 12.8 Å². The van der Waals surface area contributed by atoms with E-state index in [1.807, 2.05) is 6.92 Å². The van der Waals surface area contributed by atoms with Gasteiger partial charge in [0, 0.05) is 25.2 Å². The van der Waals surface area contributed by atoms with Crippen molar-refractivity contribution in [3.8, 4) is 23.0 Å². The van der Waals surface area contributed by atoms with Crippen LogP contribution in [-0.2, 0) is 4.74 Å². The van der Waals surface area contributed by atoms with Crippen molar-refractivity contribution < 1.29 is 37.0 Å². The van der Waals surface area contributed by atoms with Crippen LogP contribution in [0.15, 0.2) is 22.6 Å². The zero-order chi connectivity index (χ0) is 26.7. The highest BCUT2D eigenvalue weighted by atomic mass is 19.3. The summed E-state index contributed by atoms with van der Waals surface area (Å²) in [5, 5.41) is 0. The zero-order valence-electron chi connectivity index (χ0n) is 21.1. The molecule has 1 aromatic carbocycles. The molecule has 1 saturated heterocycles. The van der Waals surface area contributed by atoms with Crippen LogP contribution in [0.25, 0.3) is 11.5 Å². The van der Waals surface area contributed by atoms with Gasteiger partial charge in [0.25, 0.3) is 5.91 Å². The van der Waals surface area contributed by atoms with Gasteiger partial charge in [0.05, 0.1) is 25.8 Å². The van der Waals surface area contributed by atoms with Gasteiger partial charge in [0.2, 0.25) is 5.89 Å². The lowest BCUT2D eigenvalue weighted by atomic mass is 10.1. The summed E-state index contributed by atoms with van der Waals surface area (Å²) in [5.41, 5.74) is 6.60. The molecule has 1 unspecified atom stereocenters. The molecule has 37 heavy (non-hydrogen) atoms. The molecule has 1 aliphatic carbocycles. The Balaban J connectivity index is 1.60. The molecule has 2 amide bonds. The maximum atomic E-state index is 13.5. The van der Waals surface area contributed by atoms with E-state index in [-0.39, 0.29) is 40.8 Å². The van der Waals surface area contributed by atoms with Gasteiger partial charge in [-0.3, -0.25) is 4.79 Å². The molecule has 2 aromatic rings. The summed E-state index contributed by atoms with van der Waals surface area (Å²) in [5.74, 6) is 0.387. The van der Waals surface area contributed by atoms with Crippen LogP contribution >= 0.6 is 0 Å². The zero-order valence-corrected chi connectivity index (χ0v) is 21.1. The van der Waals surface area contributed by atoms with Gasteiger partial charge >= 0.3 is 12.7 Å². The second-order valence-electron chi connectivity index (χ2n) is 9.29. The monoisotopic (exact) mass is 522 g/mol. The van der Waals surface area contributed by atoms with E-state index in [0.29, 0.717) is 44.1 Å². The van der Waals surface area contributed by atoms with Gasteiger partial charge in [0.1, 0.15) is 0 Å². The van der Waals surface area contributed by atoms with Crippen LogP contribution in [0, 0.1) is 5.92 Å². The van der Waals surface area contributed by atoms with Crippen molar-refractivity contribution in [3.05, 3.63) is 29.7 Å². The number of nitrogens with zero attached hydrogens (tertiary/aromatic N) is 3. The van der Waals surface area contributed by atoms with E-state index in [9.17, 15) is 18.4 Å². The molecule has 2 heterocycles. The SMILES string of the molecule is CCC1CN(C(=O)c2nc(-c3ccc(OC(F)F)c(OCC4CC4)c3)oc2[C@H](C)N)CCN1C(=O)OC. The molecule has 2 N–H and O–H groups in total. The van der Waals surface area contributed by atoms with Crippen molar-refractivity contribution in [2.45, 2.75) is 51.8 Å². The normalized spacial score (nSPS) is 18.6. The first-order chi connectivity index (χ1) is 17.7. The summed E-state index contributed by atoms with van der Waals surface area (Å²) in [4.78, 5) is 33.2. The minimum Gasteiger partial charge on any atom is -0.489 e. The number of hydrogen-bond donors (Lipinski definition) is 1. The van der Waals surface area contributed by atoms with Crippen molar-refractivity contribution in [3.63, 3.8) is 0 Å². The number of alkyl halides is 2. The molecule has 4 rings (SSSR count). The fraction of sp³-hybridized carbons (Fsp3) is 0.560. The third-order valence-corrected chi connectivity index (χ3v) is 6.50. The molecule has 2 atom stereocenters. The predicted molar refractivity (Wildman–Crippen MR) is 128 cm³/mol. The summed E-state index contributed by atoms with van der Waals surface area (Å²) in [7, 11) is 1.33. The Morgan fingerprint density at radius 2 is 2.00 bits per heavy atom. The third-order valence-electron chi connectivity index (χ3n) is 6.50. The number of aromatic nitrogens is 1. The Bertz CT molecular complexity index is 1120.